The molecule has 0 aliphatic rings. The van der Waals surface area contributed by atoms with E-state index in [1.54, 1.807) is 0 Å². The maximum atomic E-state index is 11.2. The molecule has 0 spiro atoms. The van der Waals surface area contributed by atoms with Crippen LogP contribution in [0.4, 0.5) is 11.5 Å². The highest BCUT2D eigenvalue weighted by Crippen LogP contribution is 2.17. The zero-order chi connectivity index (χ0) is 12.4. The molecule has 4 nitrogen and oxygen atoms in total. The number of aryl methyl sites for hydroxylation is 2. The summed E-state index contributed by atoms with van der Waals surface area (Å²) < 4.78 is 0.309. The van der Waals surface area contributed by atoms with Crippen molar-refractivity contribution in [3.63, 3.8) is 0 Å². The van der Waals surface area contributed by atoms with Crippen LogP contribution in [0, 0.1) is 18.6 Å². The molecular weight excluding hydrogens is 234 g/mol. The van der Waals surface area contributed by atoms with Gasteiger partial charge in [0.25, 0.3) is 5.56 Å². The summed E-state index contributed by atoms with van der Waals surface area (Å²) in [6, 6.07) is 7.44. The van der Waals surface area contributed by atoms with E-state index in [9.17, 15) is 4.79 Å². The van der Waals surface area contributed by atoms with Crippen LogP contribution < -0.4 is 10.9 Å². The second kappa shape index (κ2) is 4.55. The van der Waals surface area contributed by atoms with E-state index in [0.717, 1.165) is 5.69 Å². The molecule has 0 unspecified atom stereocenters. The van der Waals surface area contributed by atoms with Crippen LogP contribution in [-0.4, -0.2) is 9.97 Å². The Bertz CT molecular complexity index is 629. The van der Waals surface area contributed by atoms with Crippen LogP contribution in [0.1, 0.15) is 11.1 Å². The van der Waals surface area contributed by atoms with Gasteiger partial charge in [0.05, 0.1) is 0 Å². The first-order chi connectivity index (χ1) is 8.04. The van der Waals surface area contributed by atoms with E-state index in [2.05, 4.69) is 22.2 Å². The average molecular weight is 247 g/mol. The molecule has 0 amide bonds. The lowest BCUT2D eigenvalue weighted by Crippen LogP contribution is -2.08. The van der Waals surface area contributed by atoms with Gasteiger partial charge < -0.3 is 10.3 Å². The van der Waals surface area contributed by atoms with E-state index in [4.69, 9.17) is 12.2 Å². The van der Waals surface area contributed by atoms with Gasteiger partial charge in [-0.2, -0.15) is 0 Å². The first-order valence-corrected chi connectivity index (χ1v) is 5.63. The molecule has 17 heavy (non-hydrogen) atoms. The van der Waals surface area contributed by atoms with Crippen LogP contribution in [0.3, 0.4) is 0 Å². The molecule has 2 rings (SSSR count). The normalized spacial score (nSPS) is 10.2. The van der Waals surface area contributed by atoms with Crippen molar-refractivity contribution in [2.45, 2.75) is 13.8 Å². The van der Waals surface area contributed by atoms with Crippen LogP contribution in [0.15, 0.2) is 29.1 Å². The van der Waals surface area contributed by atoms with Gasteiger partial charge in [0.15, 0.2) is 4.77 Å². The van der Waals surface area contributed by atoms with Crippen LogP contribution in [0.25, 0.3) is 0 Å². The Morgan fingerprint density at radius 3 is 2.53 bits per heavy atom. The molecule has 0 fully saturated rings. The molecule has 0 bridgehead atoms. The number of benzene rings is 1. The van der Waals surface area contributed by atoms with E-state index < -0.39 is 0 Å². The van der Waals surface area contributed by atoms with Gasteiger partial charge in [-0.3, -0.25) is 9.78 Å². The average Bonchev–Trinajstić information content (AvgIpc) is 2.22. The lowest BCUT2D eigenvalue weighted by molar-refractivity contribution is 1.09. The highest BCUT2D eigenvalue weighted by Gasteiger charge is 1.98. The Kier molecular flexibility index (Phi) is 3.10. The SMILES string of the molecule is Cc1ccc(Nc2cc(=O)[nH]c(=S)[nH]2)cc1C. The first kappa shape index (κ1) is 11.6. The third-order valence-electron chi connectivity index (χ3n) is 2.55. The van der Waals surface area contributed by atoms with E-state index in [1.807, 2.05) is 25.1 Å². The van der Waals surface area contributed by atoms with Crippen molar-refractivity contribution in [2.75, 3.05) is 5.32 Å². The fourth-order valence-electron chi connectivity index (χ4n) is 1.51. The number of anilines is 2. The minimum atomic E-state index is -0.222. The molecule has 2 aromatic rings. The zero-order valence-corrected chi connectivity index (χ0v) is 10.4. The minimum Gasteiger partial charge on any atom is -0.342 e. The molecule has 0 saturated heterocycles. The summed E-state index contributed by atoms with van der Waals surface area (Å²) in [5.74, 6) is 0.585. The predicted octanol–water partition coefficient (Wildman–Crippen LogP) is 2.79. The molecule has 0 saturated carbocycles. The Hall–Kier alpha value is -1.88. The van der Waals surface area contributed by atoms with Gasteiger partial charge in [0, 0.05) is 11.8 Å². The summed E-state index contributed by atoms with van der Waals surface area (Å²) in [5.41, 5.74) is 3.12. The number of rotatable bonds is 2. The third kappa shape index (κ3) is 2.82. The van der Waals surface area contributed by atoms with Gasteiger partial charge in [0.1, 0.15) is 5.82 Å². The topological polar surface area (TPSA) is 60.7 Å². The van der Waals surface area contributed by atoms with Crippen molar-refractivity contribution in [1.82, 2.24) is 9.97 Å². The smallest absolute Gasteiger partial charge is 0.253 e. The van der Waals surface area contributed by atoms with Gasteiger partial charge in [-0.25, -0.2) is 0 Å². The Labute approximate surface area is 104 Å². The van der Waals surface area contributed by atoms with Crippen LogP contribution in [0.2, 0.25) is 0 Å². The van der Waals surface area contributed by atoms with Crippen LogP contribution in [-0.2, 0) is 0 Å². The van der Waals surface area contributed by atoms with Gasteiger partial charge in [0.2, 0.25) is 0 Å². The van der Waals surface area contributed by atoms with Gasteiger partial charge in [-0.1, -0.05) is 6.07 Å². The fourth-order valence-corrected chi connectivity index (χ4v) is 1.72. The highest BCUT2D eigenvalue weighted by atomic mass is 32.1. The van der Waals surface area contributed by atoms with E-state index in [-0.39, 0.29) is 5.56 Å². The Morgan fingerprint density at radius 2 is 1.88 bits per heavy atom. The highest BCUT2D eigenvalue weighted by molar-refractivity contribution is 7.71. The molecule has 0 aliphatic carbocycles. The summed E-state index contributed by atoms with van der Waals surface area (Å²) in [7, 11) is 0. The van der Waals surface area contributed by atoms with E-state index in [1.165, 1.54) is 17.2 Å². The van der Waals surface area contributed by atoms with Gasteiger partial charge >= 0.3 is 0 Å². The molecule has 1 aromatic carbocycles. The molecule has 1 aromatic heterocycles. The van der Waals surface area contributed by atoms with Gasteiger partial charge in [-0.05, 0) is 49.3 Å². The molecule has 0 atom stereocenters. The quantitative estimate of drug-likeness (QED) is 0.715. The summed E-state index contributed by atoms with van der Waals surface area (Å²) in [5, 5.41) is 3.11. The molecule has 0 aliphatic heterocycles. The monoisotopic (exact) mass is 247 g/mol. The first-order valence-electron chi connectivity index (χ1n) is 5.22. The zero-order valence-electron chi connectivity index (χ0n) is 9.63. The number of nitrogens with one attached hydrogen (secondary N) is 3. The summed E-state index contributed by atoms with van der Waals surface area (Å²) in [4.78, 5) is 16.6. The minimum absolute atomic E-state index is 0.222. The Balaban J connectivity index is 2.34. The fraction of sp³-hybridized carbons (Fsp3) is 0.167. The molecule has 5 heteroatoms. The maximum absolute atomic E-state index is 11.2. The van der Waals surface area contributed by atoms with E-state index >= 15 is 0 Å². The molecule has 1 heterocycles. The van der Waals surface area contributed by atoms with Crippen molar-refractivity contribution in [2.24, 2.45) is 0 Å². The lowest BCUT2D eigenvalue weighted by atomic mass is 10.1. The second-order valence-electron chi connectivity index (χ2n) is 3.93. The van der Waals surface area contributed by atoms with Crippen molar-refractivity contribution >= 4 is 23.7 Å². The summed E-state index contributed by atoms with van der Waals surface area (Å²) >= 11 is 4.90. The standard InChI is InChI=1S/C12H13N3OS/c1-7-3-4-9(5-8(7)2)13-10-6-11(16)15-12(17)14-10/h3-6H,1-2H3,(H3,13,14,15,16,17). The van der Waals surface area contributed by atoms with Gasteiger partial charge in [-0.15, -0.1) is 0 Å². The van der Waals surface area contributed by atoms with Crippen LogP contribution >= 0.6 is 12.2 Å². The van der Waals surface area contributed by atoms with Crippen LogP contribution in [0.5, 0.6) is 0 Å². The largest absolute Gasteiger partial charge is 0.342 e. The van der Waals surface area contributed by atoms with Crippen molar-refractivity contribution in [3.8, 4) is 0 Å². The lowest BCUT2D eigenvalue weighted by Gasteiger charge is -2.08. The molecule has 88 valence electrons. The second-order valence-corrected chi connectivity index (χ2v) is 4.33. The number of aromatic amines is 2. The number of hydrogen-bond donors (Lipinski definition) is 3. The van der Waals surface area contributed by atoms with Crippen molar-refractivity contribution < 1.29 is 0 Å². The van der Waals surface area contributed by atoms with E-state index in [0.29, 0.717) is 10.6 Å². The van der Waals surface area contributed by atoms with Crippen molar-refractivity contribution in [3.05, 3.63) is 50.5 Å². The predicted molar refractivity (Wildman–Crippen MR) is 71.4 cm³/mol. The molecular formula is C12H13N3OS. The summed E-state index contributed by atoms with van der Waals surface area (Å²) in [6.07, 6.45) is 0. The summed E-state index contributed by atoms with van der Waals surface area (Å²) in [6.45, 7) is 4.10. The third-order valence-corrected chi connectivity index (χ3v) is 2.75. The van der Waals surface area contributed by atoms with Crippen molar-refractivity contribution in [1.29, 1.82) is 0 Å². The number of hydrogen-bond acceptors (Lipinski definition) is 3. The number of aromatic nitrogens is 2. The molecule has 3 N–H and O–H groups in total. The molecule has 0 radical (unpaired) electrons. The maximum Gasteiger partial charge on any atom is 0.253 e. The Morgan fingerprint density at radius 1 is 1.12 bits per heavy atom. The number of H-pyrrole nitrogens is 2.